The number of halogens is 3. The van der Waals surface area contributed by atoms with E-state index in [9.17, 15) is 24.3 Å². The van der Waals surface area contributed by atoms with Crippen LogP contribution in [-0.2, 0) is 0 Å². The van der Waals surface area contributed by atoms with Crippen LogP contribution in [0, 0.1) is 0 Å². The van der Waals surface area contributed by atoms with Gasteiger partial charge in [-0.3, -0.25) is 14.3 Å². The molecule has 0 aliphatic carbocycles. The molecule has 1 aromatic heterocycles. The van der Waals surface area contributed by atoms with Gasteiger partial charge >= 0.3 is 69.0 Å². The van der Waals surface area contributed by atoms with Crippen LogP contribution in [-0.4, -0.2) is 83.1 Å². The van der Waals surface area contributed by atoms with Gasteiger partial charge in [-0.25, -0.2) is 14.4 Å². The molecule has 0 spiro atoms. The van der Waals surface area contributed by atoms with Crippen LogP contribution in [0.5, 0.6) is 0 Å². The predicted octanol–water partition coefficient (Wildman–Crippen LogP) is 1.23. The fourth-order valence-electron chi connectivity index (χ4n) is 1.85. The van der Waals surface area contributed by atoms with Crippen molar-refractivity contribution in [2.24, 2.45) is 0 Å². The standard InChI is InChI=1S/C12H5Cl3N2O6.K.H/c13-3-1-5(15)6(2-4(3)14)17-8(11(21)22)7(10(19)20)9(18)16-12(17)23;;/h1-2H,(H,19,20)(H,21,22)(H,16,18,23);;. The molecule has 0 atom stereocenters. The third-order valence-corrected chi connectivity index (χ3v) is 3.78. The summed E-state index contributed by atoms with van der Waals surface area (Å²) >= 11 is 17.5. The normalized spacial score (nSPS) is 10.1. The number of carboxylic acids is 2. The summed E-state index contributed by atoms with van der Waals surface area (Å²) in [5.74, 6) is -3.64. The van der Waals surface area contributed by atoms with Gasteiger partial charge in [0.1, 0.15) is 0 Å². The van der Waals surface area contributed by atoms with Gasteiger partial charge in [0.05, 0.1) is 20.8 Å². The summed E-state index contributed by atoms with van der Waals surface area (Å²) in [5, 5.41) is 18.1. The van der Waals surface area contributed by atoms with Gasteiger partial charge < -0.3 is 10.2 Å². The third-order valence-electron chi connectivity index (χ3n) is 2.76. The van der Waals surface area contributed by atoms with Crippen LogP contribution >= 0.6 is 34.8 Å². The summed E-state index contributed by atoms with van der Waals surface area (Å²) in [6.45, 7) is 0. The topological polar surface area (TPSA) is 129 Å². The van der Waals surface area contributed by atoms with E-state index in [0.29, 0.717) is 4.57 Å². The zero-order chi connectivity index (χ0) is 17.5. The molecular weight excluding hydrogens is 414 g/mol. The Morgan fingerprint density at radius 1 is 0.958 bits per heavy atom. The summed E-state index contributed by atoms with van der Waals surface area (Å²) in [7, 11) is 0. The number of carboxylic acid groups (broad SMARTS) is 2. The van der Waals surface area contributed by atoms with E-state index < -0.39 is 34.4 Å². The van der Waals surface area contributed by atoms with Crippen molar-refractivity contribution in [1.82, 2.24) is 9.55 Å². The molecule has 0 aliphatic heterocycles. The van der Waals surface area contributed by atoms with Crippen molar-refractivity contribution < 1.29 is 19.8 Å². The minimum atomic E-state index is -1.83. The van der Waals surface area contributed by atoms with Crippen molar-refractivity contribution in [1.29, 1.82) is 0 Å². The van der Waals surface area contributed by atoms with Crippen molar-refractivity contribution in [3.05, 3.63) is 59.3 Å². The maximum atomic E-state index is 12.0. The first-order valence-electron chi connectivity index (χ1n) is 5.66. The molecule has 0 radical (unpaired) electrons. The van der Waals surface area contributed by atoms with Gasteiger partial charge in [-0.2, -0.15) is 0 Å². The molecule has 12 heteroatoms. The number of hydrogen-bond donors (Lipinski definition) is 3. The Labute approximate surface area is 190 Å². The summed E-state index contributed by atoms with van der Waals surface area (Å²) in [4.78, 5) is 47.9. The van der Waals surface area contributed by atoms with Gasteiger partial charge in [0.2, 0.25) is 0 Å². The number of carbonyl (C=O) groups is 2. The average molecular weight is 420 g/mol. The van der Waals surface area contributed by atoms with Crippen LogP contribution in [0.4, 0.5) is 0 Å². The van der Waals surface area contributed by atoms with Gasteiger partial charge in [-0.1, -0.05) is 34.8 Å². The first-order chi connectivity index (χ1) is 10.6. The summed E-state index contributed by atoms with van der Waals surface area (Å²) in [6.07, 6.45) is 0. The van der Waals surface area contributed by atoms with E-state index in [1.165, 1.54) is 0 Å². The third kappa shape index (κ3) is 3.94. The molecule has 1 heterocycles. The summed E-state index contributed by atoms with van der Waals surface area (Å²) in [6, 6.07) is 2.22. The van der Waals surface area contributed by atoms with E-state index in [1.807, 2.05) is 0 Å². The number of benzene rings is 1. The van der Waals surface area contributed by atoms with Crippen LogP contribution in [0.1, 0.15) is 20.8 Å². The van der Waals surface area contributed by atoms with Gasteiger partial charge in [0, 0.05) is 0 Å². The van der Waals surface area contributed by atoms with Crippen LogP contribution < -0.4 is 11.2 Å². The molecule has 0 unspecified atom stereocenters. The zero-order valence-electron chi connectivity index (χ0n) is 10.8. The monoisotopic (exact) mass is 418 g/mol. The van der Waals surface area contributed by atoms with E-state index in [4.69, 9.17) is 39.9 Å². The molecule has 0 fully saturated rings. The Hall–Kier alpha value is -0.654. The van der Waals surface area contributed by atoms with E-state index >= 15 is 0 Å². The zero-order valence-corrected chi connectivity index (χ0v) is 13.0. The second kappa shape index (κ2) is 8.15. The SMILES string of the molecule is O=C(O)c1c(C(=O)O)n(-c2cc(Cl)c(Cl)cc2Cl)c(=O)[nH]c1=O.[KH]. The quantitative estimate of drug-likeness (QED) is 0.507. The Kier molecular flexibility index (Phi) is 7.26. The van der Waals surface area contributed by atoms with Crippen molar-refractivity contribution >= 4 is 98.1 Å². The molecule has 0 saturated heterocycles. The number of H-pyrrole nitrogens is 1. The van der Waals surface area contributed by atoms with Gasteiger partial charge in [-0.05, 0) is 12.1 Å². The maximum absolute atomic E-state index is 12.0. The van der Waals surface area contributed by atoms with Gasteiger partial charge in [0.25, 0.3) is 5.56 Å². The Bertz CT molecular complexity index is 968. The molecule has 2 aromatic rings. The molecule has 3 N–H and O–H groups in total. The molecule has 122 valence electrons. The predicted molar refractivity (Wildman–Crippen MR) is 88.8 cm³/mol. The van der Waals surface area contributed by atoms with Crippen LogP contribution in [0.3, 0.4) is 0 Å². The minimum absolute atomic E-state index is 0. The first-order valence-corrected chi connectivity index (χ1v) is 6.79. The number of nitrogens with zero attached hydrogens (tertiary/aromatic N) is 1. The molecule has 2 rings (SSSR count). The summed E-state index contributed by atoms with van der Waals surface area (Å²) < 4.78 is 0.428. The number of aromatic nitrogens is 2. The fourth-order valence-corrected chi connectivity index (χ4v) is 2.48. The second-order valence-corrected chi connectivity index (χ2v) is 5.37. The Balaban J connectivity index is 0.00000288. The van der Waals surface area contributed by atoms with Crippen molar-refractivity contribution in [3.63, 3.8) is 0 Å². The molecule has 0 amide bonds. The fraction of sp³-hybridized carbons (Fsp3) is 0. The number of rotatable bonds is 3. The molecule has 0 aliphatic rings. The average Bonchev–Trinajstić information content (AvgIpc) is 2.42. The molecule has 0 bridgehead atoms. The van der Waals surface area contributed by atoms with E-state index in [0.717, 1.165) is 12.1 Å². The molecule has 24 heavy (non-hydrogen) atoms. The number of aromatic carboxylic acids is 2. The van der Waals surface area contributed by atoms with E-state index in [2.05, 4.69) is 0 Å². The van der Waals surface area contributed by atoms with Crippen molar-refractivity contribution in [2.45, 2.75) is 0 Å². The Morgan fingerprint density at radius 3 is 2.00 bits per heavy atom. The van der Waals surface area contributed by atoms with Gasteiger partial charge in [0.15, 0.2) is 11.3 Å². The number of nitrogens with one attached hydrogen (secondary N) is 1. The number of aromatic amines is 1. The molecule has 8 nitrogen and oxygen atoms in total. The molecule has 0 saturated carbocycles. The van der Waals surface area contributed by atoms with Crippen LogP contribution in [0.25, 0.3) is 5.69 Å². The first kappa shape index (κ1) is 21.4. The van der Waals surface area contributed by atoms with Crippen LogP contribution in [0.15, 0.2) is 21.7 Å². The molecular formula is C12H6Cl3KN2O6. The van der Waals surface area contributed by atoms with Crippen molar-refractivity contribution in [2.75, 3.05) is 0 Å². The second-order valence-electron chi connectivity index (χ2n) is 4.15. The van der Waals surface area contributed by atoms with E-state index in [1.54, 1.807) is 4.98 Å². The van der Waals surface area contributed by atoms with Crippen LogP contribution in [0.2, 0.25) is 15.1 Å². The summed E-state index contributed by atoms with van der Waals surface area (Å²) in [5.41, 5.74) is -4.99. The van der Waals surface area contributed by atoms with E-state index in [-0.39, 0.29) is 72.1 Å². The molecule has 1 aromatic carbocycles. The Morgan fingerprint density at radius 2 is 1.50 bits per heavy atom. The van der Waals surface area contributed by atoms with Crippen molar-refractivity contribution in [3.8, 4) is 5.69 Å². The van der Waals surface area contributed by atoms with Gasteiger partial charge in [-0.15, -0.1) is 0 Å². The number of hydrogen-bond acceptors (Lipinski definition) is 4.